The van der Waals surface area contributed by atoms with E-state index in [0.717, 1.165) is 25.0 Å². The van der Waals surface area contributed by atoms with E-state index in [9.17, 15) is 13.6 Å². The lowest BCUT2D eigenvalue weighted by Gasteiger charge is -2.26. The Kier molecular flexibility index (Phi) is 5.38. The van der Waals surface area contributed by atoms with Gasteiger partial charge in [-0.15, -0.1) is 0 Å². The van der Waals surface area contributed by atoms with E-state index in [1.807, 2.05) is 4.90 Å². The van der Waals surface area contributed by atoms with Crippen LogP contribution in [0.2, 0.25) is 0 Å². The summed E-state index contributed by atoms with van der Waals surface area (Å²) >= 11 is 0. The number of halogens is 2. The van der Waals surface area contributed by atoms with Gasteiger partial charge in [0.25, 0.3) is 0 Å². The van der Waals surface area contributed by atoms with Crippen LogP contribution >= 0.6 is 0 Å². The molecule has 8 nitrogen and oxygen atoms in total. The number of anilines is 2. The van der Waals surface area contributed by atoms with Gasteiger partial charge in [0.05, 0.1) is 18.3 Å². The lowest BCUT2D eigenvalue weighted by Crippen LogP contribution is -2.33. The monoisotopic (exact) mass is 442 g/mol. The smallest absolute Gasteiger partial charge is 0.322 e. The average Bonchev–Trinajstić information content (AvgIpc) is 3.55. The second kappa shape index (κ2) is 8.34. The number of nitrogens with zero attached hydrogens (tertiary/aromatic N) is 5. The van der Waals surface area contributed by atoms with Crippen LogP contribution in [0, 0.1) is 11.6 Å². The molecule has 168 valence electrons. The van der Waals surface area contributed by atoms with Gasteiger partial charge >= 0.3 is 6.03 Å². The Bertz CT molecular complexity index is 1150. The number of likely N-dealkylation sites (tertiary alicyclic amines) is 1. The fraction of sp³-hybridized carbons (Fsp3) is 0.409. The highest BCUT2D eigenvalue weighted by molar-refractivity contribution is 5.93. The Morgan fingerprint density at radius 3 is 2.91 bits per heavy atom. The van der Waals surface area contributed by atoms with Crippen LogP contribution in [0.25, 0.3) is 5.65 Å². The average molecular weight is 442 g/mol. The van der Waals surface area contributed by atoms with Crippen LogP contribution in [0.3, 0.4) is 0 Å². The van der Waals surface area contributed by atoms with Crippen LogP contribution < -0.4 is 10.2 Å². The lowest BCUT2D eigenvalue weighted by molar-refractivity contribution is 0.111. The fourth-order valence-corrected chi connectivity index (χ4v) is 4.54. The first-order chi connectivity index (χ1) is 15.5. The standard InChI is InChI=1S/C22H24F2N6O2/c1-32-15-6-9-28(13-15)22(31)26-18-12-25-30-10-7-20(27-21(18)30)29-8-2-3-19(29)16-11-14(23)4-5-17(16)24/h4-5,7,10-12,15,19H,2-3,6,8-9,13H2,1H3,(H,26,31)/t15-,19?/m0/s1. The van der Waals surface area contributed by atoms with Crippen molar-refractivity contribution in [2.75, 3.05) is 37.0 Å². The summed E-state index contributed by atoms with van der Waals surface area (Å²) < 4.78 is 35.1. The first-order valence-corrected chi connectivity index (χ1v) is 10.7. The van der Waals surface area contributed by atoms with Crippen molar-refractivity contribution in [3.63, 3.8) is 0 Å². The minimum atomic E-state index is -0.463. The van der Waals surface area contributed by atoms with Gasteiger partial charge in [0.2, 0.25) is 0 Å². The van der Waals surface area contributed by atoms with Crippen molar-refractivity contribution in [1.82, 2.24) is 19.5 Å². The molecule has 2 amide bonds. The zero-order chi connectivity index (χ0) is 22.2. The molecule has 1 unspecified atom stereocenters. The van der Waals surface area contributed by atoms with Crippen molar-refractivity contribution in [1.29, 1.82) is 0 Å². The van der Waals surface area contributed by atoms with E-state index in [2.05, 4.69) is 10.4 Å². The molecule has 5 rings (SSSR count). The Labute approximate surface area is 183 Å². The maximum absolute atomic E-state index is 14.4. The number of fused-ring (bicyclic) bond motifs is 1. The van der Waals surface area contributed by atoms with Crippen molar-refractivity contribution in [3.05, 3.63) is 53.9 Å². The Morgan fingerprint density at radius 1 is 1.22 bits per heavy atom. The molecule has 0 radical (unpaired) electrons. The normalized spacial score (nSPS) is 21.0. The highest BCUT2D eigenvalue weighted by Gasteiger charge is 2.30. The molecule has 2 fully saturated rings. The van der Waals surface area contributed by atoms with E-state index in [1.165, 1.54) is 6.07 Å². The van der Waals surface area contributed by atoms with Crippen molar-refractivity contribution in [3.8, 4) is 0 Å². The van der Waals surface area contributed by atoms with Gasteiger partial charge in [-0.25, -0.2) is 23.1 Å². The molecule has 10 heteroatoms. The van der Waals surface area contributed by atoms with Crippen LogP contribution in [0.1, 0.15) is 30.9 Å². The number of hydrogen-bond acceptors (Lipinski definition) is 5. The number of rotatable bonds is 4. The summed E-state index contributed by atoms with van der Waals surface area (Å²) in [5.41, 5.74) is 1.31. The Morgan fingerprint density at radius 2 is 2.09 bits per heavy atom. The summed E-state index contributed by atoms with van der Waals surface area (Å²) in [6.07, 6.45) is 5.69. The number of methoxy groups -OCH3 is 1. The largest absolute Gasteiger partial charge is 0.380 e. The summed E-state index contributed by atoms with van der Waals surface area (Å²) in [5, 5.41) is 7.15. The zero-order valence-electron chi connectivity index (χ0n) is 17.7. The molecule has 2 aromatic heterocycles. The maximum atomic E-state index is 14.4. The van der Waals surface area contributed by atoms with Gasteiger partial charge in [0.15, 0.2) is 5.65 Å². The maximum Gasteiger partial charge on any atom is 0.322 e. The van der Waals surface area contributed by atoms with E-state index in [1.54, 1.807) is 35.0 Å². The number of aromatic nitrogens is 3. The third kappa shape index (κ3) is 3.75. The van der Waals surface area contributed by atoms with Crippen LogP contribution in [-0.2, 0) is 4.74 Å². The molecular weight excluding hydrogens is 418 g/mol. The predicted octanol–water partition coefficient (Wildman–Crippen LogP) is 3.60. The molecular formula is C22H24F2N6O2. The number of nitrogens with one attached hydrogen (secondary N) is 1. The first kappa shape index (κ1) is 20.6. The van der Waals surface area contributed by atoms with Gasteiger partial charge in [-0.2, -0.15) is 5.10 Å². The fourth-order valence-electron chi connectivity index (χ4n) is 4.54. The van der Waals surface area contributed by atoms with Gasteiger partial charge < -0.3 is 19.9 Å². The number of benzene rings is 1. The van der Waals surface area contributed by atoms with E-state index >= 15 is 0 Å². The Balaban J connectivity index is 1.41. The molecule has 1 aromatic carbocycles. The van der Waals surface area contributed by atoms with Gasteiger partial charge in [-0.3, -0.25) is 0 Å². The molecule has 0 aliphatic carbocycles. The molecule has 4 heterocycles. The quantitative estimate of drug-likeness (QED) is 0.668. The number of hydrogen-bond donors (Lipinski definition) is 1. The molecule has 2 aliphatic rings. The Hall–Kier alpha value is -3.27. The number of urea groups is 1. The molecule has 2 saturated heterocycles. The molecule has 2 aliphatic heterocycles. The molecule has 3 aromatic rings. The molecule has 0 bridgehead atoms. The first-order valence-electron chi connectivity index (χ1n) is 10.7. The third-order valence-corrected chi connectivity index (χ3v) is 6.23. The van der Waals surface area contributed by atoms with Gasteiger partial charge in [0.1, 0.15) is 23.1 Å². The summed E-state index contributed by atoms with van der Waals surface area (Å²) in [6.45, 7) is 1.83. The predicted molar refractivity (Wildman–Crippen MR) is 115 cm³/mol. The molecule has 0 spiro atoms. The minimum absolute atomic E-state index is 0.0460. The molecule has 1 N–H and O–H groups in total. The van der Waals surface area contributed by atoms with Crippen LogP contribution in [0.15, 0.2) is 36.7 Å². The van der Waals surface area contributed by atoms with E-state index in [-0.39, 0.29) is 18.2 Å². The van der Waals surface area contributed by atoms with Crippen LogP contribution in [0.5, 0.6) is 0 Å². The molecule has 0 saturated carbocycles. The van der Waals surface area contributed by atoms with Crippen LogP contribution in [-0.4, -0.2) is 58.4 Å². The lowest BCUT2D eigenvalue weighted by atomic mass is 10.0. The summed E-state index contributed by atoms with van der Waals surface area (Å²) in [5.74, 6) is -0.267. The summed E-state index contributed by atoms with van der Waals surface area (Å²) in [4.78, 5) is 21.1. The highest BCUT2D eigenvalue weighted by atomic mass is 19.1. The third-order valence-electron chi connectivity index (χ3n) is 6.23. The van der Waals surface area contributed by atoms with Crippen molar-refractivity contribution < 1.29 is 18.3 Å². The summed E-state index contributed by atoms with van der Waals surface area (Å²) in [7, 11) is 1.64. The number of carbonyl (C=O) groups is 1. The van der Waals surface area contributed by atoms with E-state index < -0.39 is 11.6 Å². The number of amides is 2. The minimum Gasteiger partial charge on any atom is -0.380 e. The van der Waals surface area contributed by atoms with Crippen molar-refractivity contribution in [2.45, 2.75) is 31.4 Å². The van der Waals surface area contributed by atoms with Crippen LogP contribution in [0.4, 0.5) is 25.1 Å². The van der Waals surface area contributed by atoms with Crippen molar-refractivity contribution >= 4 is 23.2 Å². The number of carbonyl (C=O) groups excluding carboxylic acids is 1. The van der Waals surface area contributed by atoms with Gasteiger partial charge in [-0.05, 0) is 43.5 Å². The van der Waals surface area contributed by atoms with Gasteiger partial charge in [0, 0.05) is 38.5 Å². The van der Waals surface area contributed by atoms with E-state index in [4.69, 9.17) is 9.72 Å². The SMILES string of the molecule is CO[C@H]1CCN(C(=O)Nc2cnn3ccc(N4CCCC4c4cc(F)ccc4F)nc23)C1. The number of ether oxygens (including phenoxy) is 1. The highest BCUT2D eigenvalue weighted by Crippen LogP contribution is 2.37. The second-order valence-corrected chi connectivity index (χ2v) is 8.15. The topological polar surface area (TPSA) is 75.0 Å². The van der Waals surface area contributed by atoms with E-state index in [0.29, 0.717) is 48.8 Å². The molecule has 2 atom stereocenters. The molecule has 32 heavy (non-hydrogen) atoms. The van der Waals surface area contributed by atoms with Gasteiger partial charge in [-0.1, -0.05) is 0 Å². The van der Waals surface area contributed by atoms with Crippen molar-refractivity contribution in [2.24, 2.45) is 0 Å². The summed E-state index contributed by atoms with van der Waals surface area (Å²) in [6, 6.07) is 4.80. The zero-order valence-corrected chi connectivity index (χ0v) is 17.7. The second-order valence-electron chi connectivity index (χ2n) is 8.15.